The van der Waals surface area contributed by atoms with Crippen LogP contribution in [0.15, 0.2) is 6.33 Å². The van der Waals surface area contributed by atoms with Gasteiger partial charge in [-0.2, -0.15) is 14.4 Å². The second-order valence-electron chi connectivity index (χ2n) is 11.1. The summed E-state index contributed by atoms with van der Waals surface area (Å²) in [5, 5.41) is 0. The van der Waals surface area contributed by atoms with Crippen molar-refractivity contribution in [1.29, 1.82) is 0 Å². The lowest BCUT2D eigenvalue weighted by Crippen LogP contribution is -2.52. The van der Waals surface area contributed by atoms with E-state index in [2.05, 4.69) is 27.8 Å². The van der Waals surface area contributed by atoms with E-state index >= 15 is 0 Å². The van der Waals surface area contributed by atoms with Crippen LogP contribution in [0.3, 0.4) is 0 Å². The summed E-state index contributed by atoms with van der Waals surface area (Å²) in [4.78, 5) is 37.6. The fraction of sp³-hybridized carbons (Fsp3) is 0.719. The van der Waals surface area contributed by atoms with E-state index in [1.165, 1.54) is 50.1 Å². The monoisotopic (exact) mass is 603 g/mol. The molecular weight excluding hydrogens is 553 g/mol. The number of esters is 2. The number of carbonyl (C=O) groups excluding carboxylic acids is 2. The molecule has 0 bridgehead atoms. The van der Waals surface area contributed by atoms with Crippen molar-refractivity contribution in [3.8, 4) is 12.3 Å². The van der Waals surface area contributed by atoms with Crippen molar-refractivity contribution in [2.24, 2.45) is 5.92 Å². The van der Waals surface area contributed by atoms with Crippen LogP contribution in [0.4, 0.5) is 10.2 Å². The maximum absolute atomic E-state index is 14.0. The predicted molar refractivity (Wildman–Crippen MR) is 164 cm³/mol. The minimum absolute atomic E-state index is 0.0984. The topological polar surface area (TPSA) is 131 Å². The van der Waals surface area contributed by atoms with Crippen LogP contribution in [0.25, 0.3) is 11.2 Å². The maximum atomic E-state index is 14.0. The first-order valence-electron chi connectivity index (χ1n) is 15.8. The number of nitrogen functional groups attached to an aromatic ring is 1. The van der Waals surface area contributed by atoms with Crippen molar-refractivity contribution >= 4 is 28.9 Å². The molecular formula is C32H50FN5O5. The van der Waals surface area contributed by atoms with E-state index in [0.717, 1.165) is 32.1 Å². The molecule has 0 amide bonds. The van der Waals surface area contributed by atoms with E-state index in [1.807, 2.05) is 13.8 Å². The minimum atomic E-state index is -1.62. The quantitative estimate of drug-likeness (QED) is 0.0727. The van der Waals surface area contributed by atoms with Crippen molar-refractivity contribution in [2.45, 2.75) is 129 Å². The number of imidazole rings is 1. The van der Waals surface area contributed by atoms with Crippen molar-refractivity contribution in [2.75, 3.05) is 19.5 Å². The molecule has 10 nitrogen and oxygen atoms in total. The van der Waals surface area contributed by atoms with Gasteiger partial charge in [-0.05, 0) is 19.3 Å². The molecule has 2 heterocycles. The molecule has 240 valence electrons. The zero-order chi connectivity index (χ0) is 31.7. The second-order valence-corrected chi connectivity index (χ2v) is 11.1. The zero-order valence-corrected chi connectivity index (χ0v) is 26.4. The number of rotatable bonds is 22. The third-order valence-electron chi connectivity index (χ3n) is 7.75. The molecule has 0 aliphatic heterocycles. The molecule has 2 N–H and O–H groups in total. The Morgan fingerprint density at radius 2 is 1.65 bits per heavy atom. The number of fused-ring (bicyclic) bond motifs is 1. The van der Waals surface area contributed by atoms with E-state index in [4.69, 9.17) is 26.4 Å². The number of methoxy groups -OCH3 is 1. The largest absolute Gasteiger partial charge is 0.461 e. The number of unbranched alkanes of at least 4 members (excludes halogenated alkanes) is 8. The number of nitrogens with two attached hydrogens (primary N) is 1. The standard InChI is InChI=1S/C32H50FN5O5/c1-6-10-11-12-13-14-15-16-17-20-26(39)43-25(21-38-23-35-27-28(34)36-31(33)37-29(27)38)32(9-4,41-5)22-42-30(40)24(18-7-2)19-8-3/h4,23-25H,6-8,10-22H2,1-3,5H3,(H2,34,36,37)/t25-,32?/m0/s1. The van der Waals surface area contributed by atoms with Crippen LogP contribution in [-0.2, 0) is 30.3 Å². The molecule has 0 aromatic carbocycles. The molecule has 0 radical (unpaired) electrons. The van der Waals surface area contributed by atoms with Crippen LogP contribution in [0.1, 0.15) is 111 Å². The Kier molecular flexibility index (Phi) is 16.0. The molecule has 11 heteroatoms. The SMILES string of the molecule is C#CC(COC(=O)C(CCC)CCC)(OC)[C@H](Cn1cnc2c(N)nc(F)nc21)OC(=O)CCCCCCCCCCC. The molecule has 0 spiro atoms. The van der Waals surface area contributed by atoms with E-state index in [1.54, 1.807) is 0 Å². The third-order valence-corrected chi connectivity index (χ3v) is 7.75. The highest BCUT2D eigenvalue weighted by molar-refractivity contribution is 5.81. The summed E-state index contributed by atoms with van der Waals surface area (Å²) in [6, 6.07) is 0. The first-order chi connectivity index (χ1) is 20.7. The lowest BCUT2D eigenvalue weighted by Gasteiger charge is -2.34. The van der Waals surface area contributed by atoms with E-state index in [0.29, 0.717) is 19.3 Å². The number of anilines is 1. The molecule has 2 atom stereocenters. The van der Waals surface area contributed by atoms with Crippen LogP contribution in [0.2, 0.25) is 0 Å². The number of aromatic nitrogens is 4. The Morgan fingerprint density at radius 1 is 1.02 bits per heavy atom. The minimum Gasteiger partial charge on any atom is -0.461 e. The molecule has 1 unspecified atom stereocenters. The number of hydrogen-bond acceptors (Lipinski definition) is 9. The smallest absolute Gasteiger partial charge is 0.312 e. The Morgan fingerprint density at radius 3 is 2.23 bits per heavy atom. The Labute approximate surface area is 255 Å². The van der Waals surface area contributed by atoms with Gasteiger partial charge in [-0.25, -0.2) is 4.98 Å². The maximum Gasteiger partial charge on any atom is 0.312 e. The van der Waals surface area contributed by atoms with Gasteiger partial charge in [0.25, 0.3) is 0 Å². The summed E-state index contributed by atoms with van der Waals surface area (Å²) in [5.74, 6) is 1.34. The number of ether oxygens (including phenoxy) is 3. The van der Waals surface area contributed by atoms with Gasteiger partial charge in [0.15, 0.2) is 17.6 Å². The number of nitrogens with zero attached hydrogens (tertiary/aromatic N) is 4. The van der Waals surface area contributed by atoms with Crippen LogP contribution in [-0.4, -0.2) is 56.9 Å². The average Bonchev–Trinajstić information content (AvgIpc) is 3.39. The number of carbonyl (C=O) groups is 2. The summed E-state index contributed by atoms with van der Waals surface area (Å²) >= 11 is 0. The lowest BCUT2D eigenvalue weighted by molar-refractivity contribution is -0.176. The molecule has 0 saturated heterocycles. The average molecular weight is 604 g/mol. The van der Waals surface area contributed by atoms with Crippen LogP contribution < -0.4 is 5.73 Å². The first kappa shape index (κ1) is 35.9. The summed E-state index contributed by atoms with van der Waals surface area (Å²) < 4.78 is 32.9. The molecule has 0 aliphatic carbocycles. The van der Waals surface area contributed by atoms with Crippen molar-refractivity contribution in [1.82, 2.24) is 19.5 Å². The second kappa shape index (κ2) is 19.1. The summed E-state index contributed by atoms with van der Waals surface area (Å²) in [6.45, 7) is 5.79. The van der Waals surface area contributed by atoms with Crippen LogP contribution in [0, 0.1) is 24.3 Å². The predicted octanol–water partition coefficient (Wildman–Crippen LogP) is 6.16. The van der Waals surface area contributed by atoms with Crippen LogP contribution in [0.5, 0.6) is 0 Å². The normalized spacial score (nSPS) is 13.5. The zero-order valence-electron chi connectivity index (χ0n) is 26.4. The summed E-state index contributed by atoms with van der Waals surface area (Å²) in [6.07, 6.45) is 18.4. The van der Waals surface area contributed by atoms with Gasteiger partial charge < -0.3 is 24.5 Å². The van der Waals surface area contributed by atoms with Gasteiger partial charge >= 0.3 is 18.0 Å². The van der Waals surface area contributed by atoms with Gasteiger partial charge in [0.2, 0.25) is 5.60 Å². The lowest BCUT2D eigenvalue weighted by atomic mass is 9.96. The number of hydrogen-bond donors (Lipinski definition) is 1. The summed E-state index contributed by atoms with van der Waals surface area (Å²) in [7, 11) is 1.37. The van der Waals surface area contributed by atoms with Gasteiger partial charge in [0.05, 0.1) is 18.8 Å². The number of halogens is 1. The van der Waals surface area contributed by atoms with E-state index in [9.17, 15) is 14.0 Å². The molecule has 43 heavy (non-hydrogen) atoms. The highest BCUT2D eigenvalue weighted by atomic mass is 19.1. The Bertz CT molecular complexity index is 1180. The highest BCUT2D eigenvalue weighted by Gasteiger charge is 2.43. The molecule has 2 aromatic rings. The fourth-order valence-electron chi connectivity index (χ4n) is 5.18. The van der Waals surface area contributed by atoms with Gasteiger partial charge in [0, 0.05) is 13.5 Å². The van der Waals surface area contributed by atoms with E-state index < -0.39 is 23.8 Å². The Hall–Kier alpha value is -3.26. The van der Waals surface area contributed by atoms with Crippen LogP contribution >= 0.6 is 0 Å². The molecule has 2 rings (SSSR count). The number of terminal acetylenes is 1. The van der Waals surface area contributed by atoms with E-state index in [-0.39, 0.29) is 48.4 Å². The fourth-order valence-corrected chi connectivity index (χ4v) is 5.18. The molecule has 0 saturated carbocycles. The Balaban J connectivity index is 2.19. The van der Waals surface area contributed by atoms with Gasteiger partial charge in [-0.1, -0.05) is 90.9 Å². The van der Waals surface area contributed by atoms with Crippen molar-refractivity contribution < 1.29 is 28.2 Å². The molecule has 2 aromatic heterocycles. The van der Waals surface area contributed by atoms with Gasteiger partial charge in [0.1, 0.15) is 12.1 Å². The molecule has 0 aliphatic rings. The van der Waals surface area contributed by atoms with Gasteiger partial charge in [-0.15, -0.1) is 6.42 Å². The summed E-state index contributed by atoms with van der Waals surface area (Å²) in [5.41, 5.74) is 4.51. The van der Waals surface area contributed by atoms with Crippen molar-refractivity contribution in [3.63, 3.8) is 0 Å². The highest BCUT2D eigenvalue weighted by Crippen LogP contribution is 2.26. The van der Waals surface area contributed by atoms with Crippen molar-refractivity contribution in [3.05, 3.63) is 12.4 Å². The van der Waals surface area contributed by atoms with Gasteiger partial charge in [-0.3, -0.25) is 9.59 Å². The third kappa shape index (κ3) is 11.1. The molecule has 0 fully saturated rings. The first-order valence-corrected chi connectivity index (χ1v) is 15.8.